The van der Waals surface area contributed by atoms with E-state index in [1.807, 2.05) is 13.0 Å². The van der Waals surface area contributed by atoms with Crippen molar-refractivity contribution in [3.05, 3.63) is 11.6 Å². The molecule has 1 rings (SSSR count). The second kappa shape index (κ2) is 2.84. The van der Waals surface area contributed by atoms with Crippen LogP contribution in [-0.4, -0.2) is 17.2 Å². The number of amides is 1. The van der Waals surface area contributed by atoms with Crippen LogP contribution in [0.4, 0.5) is 0 Å². The van der Waals surface area contributed by atoms with Crippen molar-refractivity contribution in [3.8, 4) is 0 Å². The van der Waals surface area contributed by atoms with Crippen molar-refractivity contribution in [1.29, 1.82) is 0 Å². The summed E-state index contributed by atoms with van der Waals surface area (Å²) in [5, 5.41) is 11.5. The van der Waals surface area contributed by atoms with Crippen molar-refractivity contribution in [1.82, 2.24) is 5.32 Å². The molecule has 1 aliphatic heterocycles. The topological polar surface area (TPSA) is 49.3 Å². The third-order valence-electron chi connectivity index (χ3n) is 1.48. The molecule has 1 fully saturated rings. The zero-order valence-electron chi connectivity index (χ0n) is 5.92. The number of nitrogens with one attached hydrogen (secondary N) is 1. The minimum absolute atomic E-state index is 0.0906. The molecule has 1 atom stereocenters. The highest BCUT2D eigenvalue weighted by atomic mass is 16.3. The summed E-state index contributed by atoms with van der Waals surface area (Å²) >= 11 is 0. The third kappa shape index (κ3) is 1.36. The molecule has 0 aliphatic carbocycles. The number of rotatable bonds is 1. The fraction of sp³-hybridized carbons (Fsp3) is 0.571. The number of aliphatic hydroxyl groups is 1. The van der Waals surface area contributed by atoms with Gasteiger partial charge in [-0.1, -0.05) is 13.0 Å². The molecule has 0 aromatic rings. The molecule has 3 nitrogen and oxygen atoms in total. The van der Waals surface area contributed by atoms with E-state index in [9.17, 15) is 4.79 Å². The normalized spacial score (nSPS) is 29.2. The van der Waals surface area contributed by atoms with Gasteiger partial charge in [0.05, 0.1) is 6.42 Å². The summed E-state index contributed by atoms with van der Waals surface area (Å²) in [4.78, 5) is 10.6. The molecule has 1 unspecified atom stereocenters. The Morgan fingerprint density at radius 2 is 2.60 bits per heavy atom. The van der Waals surface area contributed by atoms with Crippen LogP contribution in [-0.2, 0) is 4.79 Å². The van der Waals surface area contributed by atoms with Gasteiger partial charge in [-0.3, -0.25) is 4.79 Å². The molecule has 0 aromatic heterocycles. The number of hydrogen-bond donors (Lipinski definition) is 2. The van der Waals surface area contributed by atoms with Gasteiger partial charge in [-0.25, -0.2) is 0 Å². The van der Waals surface area contributed by atoms with Crippen molar-refractivity contribution in [2.24, 2.45) is 0 Å². The Hall–Kier alpha value is -0.830. The number of carbonyl (C=O) groups is 1. The van der Waals surface area contributed by atoms with Gasteiger partial charge in [0, 0.05) is 0 Å². The van der Waals surface area contributed by atoms with Gasteiger partial charge >= 0.3 is 0 Å². The van der Waals surface area contributed by atoms with E-state index < -0.39 is 6.23 Å². The average Bonchev–Trinajstić information content (AvgIpc) is 2.13. The van der Waals surface area contributed by atoms with E-state index in [2.05, 4.69) is 5.32 Å². The molecule has 0 aromatic carbocycles. The van der Waals surface area contributed by atoms with E-state index >= 15 is 0 Å². The van der Waals surface area contributed by atoms with Gasteiger partial charge in [0.15, 0.2) is 0 Å². The lowest BCUT2D eigenvalue weighted by Gasteiger charge is -2.00. The maximum Gasteiger partial charge on any atom is 0.226 e. The van der Waals surface area contributed by atoms with Crippen LogP contribution < -0.4 is 5.32 Å². The fourth-order valence-electron chi connectivity index (χ4n) is 1.02. The van der Waals surface area contributed by atoms with Crippen molar-refractivity contribution >= 4 is 5.91 Å². The van der Waals surface area contributed by atoms with Gasteiger partial charge < -0.3 is 10.4 Å². The van der Waals surface area contributed by atoms with Crippen LogP contribution in [0.5, 0.6) is 0 Å². The number of aliphatic hydroxyl groups excluding tert-OH is 1. The summed E-state index contributed by atoms with van der Waals surface area (Å²) in [6.45, 7) is 1.97. The van der Waals surface area contributed by atoms with Crippen LogP contribution in [0, 0.1) is 0 Å². The second-order valence-electron chi connectivity index (χ2n) is 2.33. The average molecular weight is 141 g/mol. The van der Waals surface area contributed by atoms with Crippen molar-refractivity contribution in [2.75, 3.05) is 0 Å². The molecular formula is C7H11NO2. The Morgan fingerprint density at radius 3 is 3.00 bits per heavy atom. The van der Waals surface area contributed by atoms with Crippen LogP contribution >= 0.6 is 0 Å². The van der Waals surface area contributed by atoms with Gasteiger partial charge in [-0.2, -0.15) is 0 Å². The first-order valence-electron chi connectivity index (χ1n) is 3.40. The zero-order chi connectivity index (χ0) is 7.56. The third-order valence-corrected chi connectivity index (χ3v) is 1.48. The molecule has 0 bridgehead atoms. The predicted molar refractivity (Wildman–Crippen MR) is 37.1 cm³/mol. The van der Waals surface area contributed by atoms with Gasteiger partial charge in [-0.15, -0.1) is 0 Å². The van der Waals surface area contributed by atoms with Gasteiger partial charge in [0.1, 0.15) is 6.23 Å². The summed E-state index contributed by atoms with van der Waals surface area (Å²) < 4.78 is 0. The maximum atomic E-state index is 10.6. The second-order valence-corrected chi connectivity index (χ2v) is 2.33. The molecule has 0 radical (unpaired) electrons. The SMILES string of the molecule is CCC=C1CC(=O)NC1O. The first-order chi connectivity index (χ1) is 4.74. The lowest BCUT2D eigenvalue weighted by Crippen LogP contribution is -2.25. The minimum Gasteiger partial charge on any atom is -0.370 e. The summed E-state index contributed by atoms with van der Waals surface area (Å²) in [5.74, 6) is -0.0906. The van der Waals surface area contributed by atoms with E-state index in [0.717, 1.165) is 12.0 Å². The standard InChI is InChI=1S/C7H11NO2/c1-2-3-5-4-6(9)8-7(5)10/h3,7,10H,2,4H2,1H3,(H,8,9). The monoisotopic (exact) mass is 141 g/mol. The highest BCUT2D eigenvalue weighted by molar-refractivity contribution is 5.82. The summed E-state index contributed by atoms with van der Waals surface area (Å²) in [6, 6.07) is 0. The Kier molecular flexibility index (Phi) is 2.06. The lowest BCUT2D eigenvalue weighted by molar-refractivity contribution is -0.120. The molecule has 1 saturated heterocycles. The summed E-state index contributed by atoms with van der Waals surface area (Å²) in [5.41, 5.74) is 0.799. The maximum absolute atomic E-state index is 10.6. The first kappa shape index (κ1) is 7.28. The minimum atomic E-state index is -0.729. The number of carbonyl (C=O) groups excluding carboxylic acids is 1. The lowest BCUT2D eigenvalue weighted by atomic mass is 10.2. The summed E-state index contributed by atoms with van der Waals surface area (Å²) in [6.07, 6.45) is 2.37. The fourth-order valence-corrected chi connectivity index (χ4v) is 1.02. The van der Waals surface area contributed by atoms with Crippen LogP contribution in [0.3, 0.4) is 0 Å². The molecule has 0 spiro atoms. The van der Waals surface area contributed by atoms with Gasteiger partial charge in [-0.05, 0) is 12.0 Å². The molecule has 1 aliphatic rings. The Balaban J connectivity index is 2.63. The predicted octanol–water partition coefficient (Wildman–Crippen LogP) is 0.161. The van der Waals surface area contributed by atoms with E-state index in [1.165, 1.54) is 0 Å². The van der Waals surface area contributed by atoms with Crippen LogP contribution in [0.1, 0.15) is 19.8 Å². The highest BCUT2D eigenvalue weighted by Gasteiger charge is 2.22. The first-order valence-corrected chi connectivity index (χ1v) is 3.40. The van der Waals surface area contributed by atoms with Gasteiger partial charge in [0.25, 0.3) is 0 Å². The summed E-state index contributed by atoms with van der Waals surface area (Å²) in [7, 11) is 0. The van der Waals surface area contributed by atoms with Crippen molar-refractivity contribution in [2.45, 2.75) is 26.0 Å². The smallest absolute Gasteiger partial charge is 0.226 e. The highest BCUT2D eigenvalue weighted by Crippen LogP contribution is 2.13. The Labute approximate surface area is 59.7 Å². The van der Waals surface area contributed by atoms with Crippen molar-refractivity contribution in [3.63, 3.8) is 0 Å². The van der Waals surface area contributed by atoms with E-state index in [4.69, 9.17) is 5.11 Å². The van der Waals surface area contributed by atoms with Gasteiger partial charge in [0.2, 0.25) is 5.91 Å². The van der Waals surface area contributed by atoms with Crippen LogP contribution in [0.25, 0.3) is 0 Å². The number of hydrogen-bond acceptors (Lipinski definition) is 2. The Morgan fingerprint density at radius 1 is 1.90 bits per heavy atom. The molecule has 10 heavy (non-hydrogen) atoms. The molecule has 0 saturated carbocycles. The molecule has 3 heteroatoms. The molecule has 1 heterocycles. The van der Waals surface area contributed by atoms with E-state index in [1.54, 1.807) is 0 Å². The molecule has 56 valence electrons. The largest absolute Gasteiger partial charge is 0.370 e. The van der Waals surface area contributed by atoms with E-state index in [0.29, 0.717) is 6.42 Å². The van der Waals surface area contributed by atoms with Crippen LogP contribution in [0.2, 0.25) is 0 Å². The zero-order valence-corrected chi connectivity index (χ0v) is 5.92. The molecular weight excluding hydrogens is 130 g/mol. The van der Waals surface area contributed by atoms with E-state index in [-0.39, 0.29) is 5.91 Å². The van der Waals surface area contributed by atoms with Crippen LogP contribution in [0.15, 0.2) is 11.6 Å². The molecule has 2 N–H and O–H groups in total. The quantitative estimate of drug-likeness (QED) is 0.511. The Bertz CT molecular complexity index is 174. The van der Waals surface area contributed by atoms with Crippen molar-refractivity contribution < 1.29 is 9.90 Å². The molecule has 1 amide bonds. The number of allylic oxidation sites excluding steroid dienone is 1.